The maximum absolute atomic E-state index is 8.11. The van der Waals surface area contributed by atoms with E-state index in [1.165, 1.54) is 6.33 Å². The second kappa shape index (κ2) is 2.59. The molecule has 50 valence electrons. The summed E-state index contributed by atoms with van der Waals surface area (Å²) < 4.78 is 0. The van der Waals surface area contributed by atoms with Gasteiger partial charge >= 0.3 is 0 Å². The van der Waals surface area contributed by atoms with E-state index in [1.54, 1.807) is 6.19 Å². The van der Waals surface area contributed by atoms with E-state index < -0.39 is 0 Å². The summed E-state index contributed by atoms with van der Waals surface area (Å²) in [6, 6.07) is 0. The van der Waals surface area contributed by atoms with Crippen molar-refractivity contribution in [1.29, 1.82) is 5.26 Å². The number of anilines is 2. The predicted octanol–water partition coefficient (Wildman–Crippen LogP) is -0.653. The molecule has 0 aliphatic heterocycles. The van der Waals surface area contributed by atoms with Crippen molar-refractivity contribution in [3.05, 3.63) is 6.33 Å². The Labute approximate surface area is 56.7 Å². The van der Waals surface area contributed by atoms with Gasteiger partial charge in [-0.25, -0.2) is 9.97 Å². The van der Waals surface area contributed by atoms with E-state index in [0.717, 1.165) is 0 Å². The fraction of sp³-hybridized carbons (Fsp3) is 0. The minimum atomic E-state index is 0.0905. The summed E-state index contributed by atoms with van der Waals surface area (Å²) in [5.74, 6) is 0.253. The summed E-state index contributed by atoms with van der Waals surface area (Å²) in [5.41, 5.74) is 5.18. The summed E-state index contributed by atoms with van der Waals surface area (Å²) in [5, 5.41) is 10.3. The quantitative estimate of drug-likeness (QED) is 0.393. The Morgan fingerprint density at radius 2 is 2.40 bits per heavy atom. The van der Waals surface area contributed by atoms with Gasteiger partial charge in [0.1, 0.15) is 6.33 Å². The van der Waals surface area contributed by atoms with Gasteiger partial charge in [0.15, 0.2) is 6.19 Å². The van der Waals surface area contributed by atoms with Crippen molar-refractivity contribution in [2.75, 3.05) is 11.1 Å². The van der Waals surface area contributed by atoms with E-state index in [4.69, 9.17) is 11.0 Å². The first-order valence-corrected chi connectivity index (χ1v) is 2.42. The van der Waals surface area contributed by atoms with E-state index in [0.29, 0.717) is 0 Å². The molecule has 0 bridgehead atoms. The molecule has 0 aliphatic carbocycles. The molecule has 1 heterocycles. The Hall–Kier alpha value is -1.90. The van der Waals surface area contributed by atoms with Gasteiger partial charge in [-0.05, 0) is 0 Å². The number of rotatable bonds is 1. The molecule has 1 aromatic rings. The van der Waals surface area contributed by atoms with Gasteiger partial charge in [-0.3, -0.25) is 5.32 Å². The van der Waals surface area contributed by atoms with Crippen LogP contribution < -0.4 is 11.1 Å². The van der Waals surface area contributed by atoms with E-state index in [9.17, 15) is 0 Å². The lowest BCUT2D eigenvalue weighted by Gasteiger charge is -1.92. The lowest BCUT2D eigenvalue weighted by molar-refractivity contribution is 1.07. The highest BCUT2D eigenvalue weighted by Gasteiger charge is 1.92. The molecule has 0 radical (unpaired) electrons. The molecule has 3 N–H and O–H groups in total. The molecule has 0 atom stereocenters. The molecule has 1 aromatic heterocycles. The number of nitrogens with zero attached hydrogens (tertiary/aromatic N) is 4. The molecule has 0 aromatic carbocycles. The second-order valence-electron chi connectivity index (χ2n) is 1.40. The Kier molecular flexibility index (Phi) is 1.61. The van der Waals surface area contributed by atoms with Crippen LogP contribution in [0, 0.1) is 11.5 Å². The molecular weight excluding hydrogens is 132 g/mol. The van der Waals surface area contributed by atoms with Gasteiger partial charge < -0.3 is 5.73 Å². The molecule has 6 nitrogen and oxygen atoms in total. The average molecular weight is 136 g/mol. The predicted molar refractivity (Wildman–Crippen MR) is 33.5 cm³/mol. The van der Waals surface area contributed by atoms with Gasteiger partial charge in [0.05, 0.1) is 0 Å². The average Bonchev–Trinajstić information content (AvgIpc) is 1.88. The first-order chi connectivity index (χ1) is 4.83. The fourth-order valence-corrected chi connectivity index (χ4v) is 0.419. The van der Waals surface area contributed by atoms with Crippen molar-refractivity contribution < 1.29 is 0 Å². The van der Waals surface area contributed by atoms with Gasteiger partial charge in [0.2, 0.25) is 11.9 Å². The highest BCUT2D eigenvalue weighted by molar-refractivity contribution is 5.32. The molecule has 0 amide bonds. The van der Waals surface area contributed by atoms with Crippen molar-refractivity contribution >= 4 is 11.9 Å². The summed E-state index contributed by atoms with van der Waals surface area (Å²) in [6.07, 6.45) is 2.88. The van der Waals surface area contributed by atoms with Gasteiger partial charge in [-0.15, -0.1) is 0 Å². The van der Waals surface area contributed by atoms with E-state index >= 15 is 0 Å². The monoisotopic (exact) mass is 136 g/mol. The van der Waals surface area contributed by atoms with Crippen LogP contribution in [0.25, 0.3) is 0 Å². The molecule has 0 unspecified atom stereocenters. The van der Waals surface area contributed by atoms with Crippen LogP contribution >= 0.6 is 0 Å². The van der Waals surface area contributed by atoms with Crippen LogP contribution in [0.5, 0.6) is 0 Å². The Bertz CT molecular complexity index is 263. The zero-order valence-electron chi connectivity index (χ0n) is 4.94. The van der Waals surface area contributed by atoms with Gasteiger partial charge in [-0.2, -0.15) is 10.2 Å². The topological polar surface area (TPSA) is 101 Å². The standard InChI is InChI=1S/C4H4N6/c5-1-7-4-9-2-8-3(6)10-4/h2H,(H3,6,7,8,9,10). The van der Waals surface area contributed by atoms with Crippen molar-refractivity contribution in [2.45, 2.75) is 0 Å². The SMILES string of the molecule is N#CNc1ncnc(N)n1. The molecule has 0 fully saturated rings. The van der Waals surface area contributed by atoms with Crippen LogP contribution in [0.1, 0.15) is 0 Å². The lowest BCUT2D eigenvalue weighted by Crippen LogP contribution is -2.00. The number of nitriles is 1. The van der Waals surface area contributed by atoms with Crippen molar-refractivity contribution in [1.82, 2.24) is 15.0 Å². The van der Waals surface area contributed by atoms with E-state index in [-0.39, 0.29) is 11.9 Å². The first-order valence-electron chi connectivity index (χ1n) is 2.42. The summed E-state index contributed by atoms with van der Waals surface area (Å²) >= 11 is 0. The number of aromatic nitrogens is 3. The molecular formula is C4H4N6. The maximum Gasteiger partial charge on any atom is 0.240 e. The van der Waals surface area contributed by atoms with Crippen LogP contribution in [-0.2, 0) is 0 Å². The molecule has 1 rings (SSSR count). The third kappa shape index (κ3) is 1.29. The molecule has 0 saturated heterocycles. The smallest absolute Gasteiger partial charge is 0.240 e. The van der Waals surface area contributed by atoms with Crippen LogP contribution in [-0.4, -0.2) is 15.0 Å². The van der Waals surface area contributed by atoms with Crippen LogP contribution in [0.4, 0.5) is 11.9 Å². The van der Waals surface area contributed by atoms with Crippen molar-refractivity contribution in [3.8, 4) is 6.19 Å². The number of hydrogen-bond acceptors (Lipinski definition) is 6. The molecule has 0 saturated carbocycles. The zero-order chi connectivity index (χ0) is 7.40. The van der Waals surface area contributed by atoms with Crippen LogP contribution in [0.3, 0.4) is 0 Å². The third-order valence-corrected chi connectivity index (χ3v) is 0.758. The van der Waals surface area contributed by atoms with Crippen LogP contribution in [0.15, 0.2) is 6.33 Å². The summed E-state index contributed by atoms with van der Waals surface area (Å²) in [7, 11) is 0. The van der Waals surface area contributed by atoms with Crippen molar-refractivity contribution in [3.63, 3.8) is 0 Å². The number of nitrogens with one attached hydrogen (secondary N) is 1. The normalized spacial score (nSPS) is 8.30. The Morgan fingerprint density at radius 3 is 3.00 bits per heavy atom. The van der Waals surface area contributed by atoms with Crippen molar-refractivity contribution in [2.24, 2.45) is 0 Å². The zero-order valence-corrected chi connectivity index (χ0v) is 4.94. The summed E-state index contributed by atoms with van der Waals surface area (Å²) in [4.78, 5) is 10.7. The second-order valence-corrected chi connectivity index (χ2v) is 1.40. The molecule has 0 aliphatic rings. The van der Waals surface area contributed by atoms with Gasteiger partial charge in [0, 0.05) is 0 Å². The highest BCUT2D eigenvalue weighted by atomic mass is 15.2. The highest BCUT2D eigenvalue weighted by Crippen LogP contribution is 1.94. The molecule has 10 heavy (non-hydrogen) atoms. The largest absolute Gasteiger partial charge is 0.368 e. The molecule has 6 heteroatoms. The minimum absolute atomic E-state index is 0.0905. The fourth-order valence-electron chi connectivity index (χ4n) is 0.419. The van der Waals surface area contributed by atoms with Gasteiger partial charge in [-0.1, -0.05) is 0 Å². The Balaban J connectivity index is 2.87. The van der Waals surface area contributed by atoms with Gasteiger partial charge in [0.25, 0.3) is 0 Å². The minimum Gasteiger partial charge on any atom is -0.368 e. The summed E-state index contributed by atoms with van der Waals surface area (Å²) in [6.45, 7) is 0. The molecule has 0 spiro atoms. The van der Waals surface area contributed by atoms with E-state index in [1.807, 2.05) is 0 Å². The number of nitrogen functional groups attached to an aromatic ring is 1. The lowest BCUT2D eigenvalue weighted by atomic mass is 10.9. The third-order valence-electron chi connectivity index (χ3n) is 0.758. The first kappa shape index (κ1) is 6.22. The van der Waals surface area contributed by atoms with E-state index in [2.05, 4.69) is 20.3 Å². The number of hydrogen-bond donors (Lipinski definition) is 2. The Morgan fingerprint density at radius 1 is 1.60 bits per heavy atom. The number of nitrogens with two attached hydrogens (primary N) is 1. The maximum atomic E-state index is 8.11. The van der Waals surface area contributed by atoms with Crippen LogP contribution in [0.2, 0.25) is 0 Å².